The zero-order valence-electron chi connectivity index (χ0n) is 19.0. The van der Waals surface area contributed by atoms with E-state index in [0.29, 0.717) is 25.7 Å². The molecule has 0 aromatic heterocycles. The van der Waals surface area contributed by atoms with E-state index in [9.17, 15) is 18.1 Å². The van der Waals surface area contributed by atoms with Crippen LogP contribution in [0.1, 0.15) is 129 Å². The van der Waals surface area contributed by atoms with Gasteiger partial charge in [0.15, 0.2) is 0 Å². The first-order valence-electron chi connectivity index (χ1n) is 11.5. The summed E-state index contributed by atoms with van der Waals surface area (Å²) in [7, 11) is -4.23. The van der Waals surface area contributed by atoms with E-state index in [2.05, 4.69) is 13.8 Å². The summed E-state index contributed by atoms with van der Waals surface area (Å²) in [5.74, 6) is 0. The van der Waals surface area contributed by atoms with Crippen molar-refractivity contribution >= 4 is 10.1 Å². The van der Waals surface area contributed by atoms with E-state index >= 15 is 0 Å². The number of aliphatic hydroxyl groups excluding tert-OH is 1. The van der Waals surface area contributed by atoms with Crippen molar-refractivity contribution in [3.05, 3.63) is 0 Å². The first-order valence-corrected chi connectivity index (χ1v) is 13.0. The average Bonchev–Trinajstić information content (AvgIpc) is 2.61. The van der Waals surface area contributed by atoms with Crippen molar-refractivity contribution in [3.8, 4) is 0 Å². The number of unbranched alkanes of at least 4 members (excludes halogenated alkanes) is 11. The SMILES string of the molecule is CCCCCCCCCCCCC(CCCC(O)CCCCC)S(=O)(=O)[O-].[Na+]. The van der Waals surface area contributed by atoms with Crippen LogP contribution in [0.3, 0.4) is 0 Å². The fraction of sp³-hybridized carbons (Fsp3) is 1.00. The monoisotopic (exact) mass is 428 g/mol. The van der Waals surface area contributed by atoms with E-state index < -0.39 is 15.4 Å². The number of aliphatic hydroxyl groups is 1. The number of rotatable bonds is 20. The Bertz CT molecular complexity index is 415. The molecule has 0 amide bonds. The molecule has 0 aliphatic carbocycles. The fourth-order valence-corrected chi connectivity index (χ4v) is 4.56. The van der Waals surface area contributed by atoms with Gasteiger partial charge in [-0.2, -0.15) is 0 Å². The van der Waals surface area contributed by atoms with Crippen LogP contribution in [0.4, 0.5) is 0 Å². The van der Waals surface area contributed by atoms with E-state index in [1.165, 1.54) is 44.9 Å². The Morgan fingerprint density at radius 2 is 1.00 bits per heavy atom. The van der Waals surface area contributed by atoms with Gasteiger partial charge in [-0.05, 0) is 32.1 Å². The molecule has 2 atom stereocenters. The van der Waals surface area contributed by atoms with Crippen molar-refractivity contribution in [1.82, 2.24) is 0 Å². The minimum Gasteiger partial charge on any atom is -0.748 e. The molecule has 164 valence electrons. The molecule has 0 spiro atoms. The van der Waals surface area contributed by atoms with Crippen molar-refractivity contribution in [3.63, 3.8) is 0 Å². The van der Waals surface area contributed by atoms with Gasteiger partial charge in [-0.15, -0.1) is 0 Å². The predicted molar refractivity (Wildman–Crippen MR) is 114 cm³/mol. The Hall–Kier alpha value is 0.870. The van der Waals surface area contributed by atoms with Crippen LogP contribution in [-0.2, 0) is 10.1 Å². The first kappa shape index (κ1) is 31.1. The number of hydrogen-bond donors (Lipinski definition) is 1. The molecule has 0 bridgehead atoms. The van der Waals surface area contributed by atoms with Crippen LogP contribution in [-0.4, -0.2) is 29.4 Å². The summed E-state index contributed by atoms with van der Waals surface area (Å²) >= 11 is 0. The third-order valence-corrected chi connectivity index (χ3v) is 6.78. The molecular weight excluding hydrogens is 383 g/mol. The molecule has 6 heteroatoms. The number of hydrogen-bond acceptors (Lipinski definition) is 4. The molecule has 0 saturated heterocycles. The van der Waals surface area contributed by atoms with E-state index in [4.69, 9.17) is 0 Å². The smallest absolute Gasteiger partial charge is 0.748 e. The van der Waals surface area contributed by atoms with Gasteiger partial charge in [0, 0.05) is 5.25 Å². The minimum absolute atomic E-state index is 0. The third kappa shape index (κ3) is 20.2. The second-order valence-corrected chi connectivity index (χ2v) is 9.82. The summed E-state index contributed by atoms with van der Waals surface area (Å²) in [4.78, 5) is 0. The largest absolute Gasteiger partial charge is 1.00 e. The standard InChI is InChI=1S/C22H46O4S.Na/c1-3-5-7-8-9-10-11-12-13-15-19-22(27(24,25)26)20-16-18-21(23)17-14-6-4-2;/h21-23H,3-20H2,1-2H3,(H,24,25,26);/q;+1/p-1. The van der Waals surface area contributed by atoms with Crippen molar-refractivity contribution in [2.24, 2.45) is 0 Å². The van der Waals surface area contributed by atoms with Gasteiger partial charge in [-0.3, -0.25) is 0 Å². The van der Waals surface area contributed by atoms with Gasteiger partial charge in [0.2, 0.25) is 0 Å². The Morgan fingerprint density at radius 3 is 1.50 bits per heavy atom. The Balaban J connectivity index is 0. The molecule has 4 nitrogen and oxygen atoms in total. The molecule has 0 saturated carbocycles. The normalized spacial score (nSPS) is 13.9. The van der Waals surface area contributed by atoms with Crippen molar-refractivity contribution in [2.45, 2.75) is 141 Å². The van der Waals surface area contributed by atoms with Gasteiger partial charge < -0.3 is 9.66 Å². The molecule has 0 aliphatic rings. The Kier molecular flexibility index (Phi) is 23.4. The van der Waals surface area contributed by atoms with Crippen molar-refractivity contribution < 1.29 is 47.6 Å². The first-order chi connectivity index (χ1) is 12.9. The summed E-state index contributed by atoms with van der Waals surface area (Å²) < 4.78 is 34.5. The molecular formula is C22H45NaO4S. The Labute approximate surface area is 197 Å². The van der Waals surface area contributed by atoms with Crippen molar-refractivity contribution in [2.75, 3.05) is 0 Å². The molecule has 0 fully saturated rings. The molecule has 28 heavy (non-hydrogen) atoms. The van der Waals surface area contributed by atoms with Gasteiger partial charge in [0.05, 0.1) is 16.2 Å². The fourth-order valence-electron chi connectivity index (χ4n) is 3.65. The molecule has 1 N–H and O–H groups in total. The summed E-state index contributed by atoms with van der Waals surface area (Å²) in [5, 5.41) is 9.16. The van der Waals surface area contributed by atoms with Gasteiger partial charge in [-0.1, -0.05) is 97.3 Å². The topological polar surface area (TPSA) is 77.4 Å². The quantitative estimate of drug-likeness (QED) is 0.183. The second kappa shape index (κ2) is 21.1. The van der Waals surface area contributed by atoms with Crippen LogP contribution < -0.4 is 29.6 Å². The molecule has 0 aromatic carbocycles. The summed E-state index contributed by atoms with van der Waals surface area (Å²) in [6, 6.07) is 0. The summed E-state index contributed by atoms with van der Waals surface area (Å²) in [5.41, 5.74) is 0. The van der Waals surface area contributed by atoms with Crippen LogP contribution in [0.25, 0.3) is 0 Å². The van der Waals surface area contributed by atoms with Crippen molar-refractivity contribution in [1.29, 1.82) is 0 Å². The predicted octanol–water partition coefficient (Wildman–Crippen LogP) is 3.33. The molecule has 0 radical (unpaired) electrons. The zero-order valence-corrected chi connectivity index (χ0v) is 21.8. The van der Waals surface area contributed by atoms with E-state index in [-0.39, 0.29) is 35.7 Å². The average molecular weight is 429 g/mol. The van der Waals surface area contributed by atoms with Crippen LogP contribution in [0.5, 0.6) is 0 Å². The summed E-state index contributed by atoms with van der Waals surface area (Å²) in [6.07, 6.45) is 17.8. The molecule has 0 aliphatic heterocycles. The van der Waals surface area contributed by atoms with Crippen LogP contribution in [0.15, 0.2) is 0 Å². The second-order valence-electron chi connectivity index (χ2n) is 8.17. The van der Waals surface area contributed by atoms with E-state index in [1.807, 2.05) is 0 Å². The maximum absolute atomic E-state index is 11.5. The van der Waals surface area contributed by atoms with E-state index in [0.717, 1.165) is 44.9 Å². The minimum atomic E-state index is -4.23. The summed E-state index contributed by atoms with van der Waals surface area (Å²) in [6.45, 7) is 4.36. The van der Waals surface area contributed by atoms with Gasteiger partial charge in [0.1, 0.15) is 0 Å². The maximum atomic E-state index is 11.5. The van der Waals surface area contributed by atoms with Crippen LogP contribution in [0, 0.1) is 0 Å². The molecule has 0 heterocycles. The Morgan fingerprint density at radius 1 is 0.643 bits per heavy atom. The van der Waals surface area contributed by atoms with Gasteiger partial charge in [-0.25, -0.2) is 8.42 Å². The van der Waals surface area contributed by atoms with Gasteiger partial charge in [0.25, 0.3) is 0 Å². The molecule has 0 rings (SSSR count). The third-order valence-electron chi connectivity index (χ3n) is 5.49. The maximum Gasteiger partial charge on any atom is 1.00 e. The van der Waals surface area contributed by atoms with Crippen LogP contribution in [0.2, 0.25) is 0 Å². The van der Waals surface area contributed by atoms with Crippen LogP contribution >= 0.6 is 0 Å². The molecule has 0 aromatic rings. The molecule has 2 unspecified atom stereocenters. The van der Waals surface area contributed by atoms with E-state index in [1.54, 1.807) is 0 Å². The zero-order chi connectivity index (χ0) is 20.4. The van der Waals surface area contributed by atoms with Gasteiger partial charge >= 0.3 is 29.6 Å².